The lowest BCUT2D eigenvalue weighted by molar-refractivity contribution is -0.116. The molecule has 2 aromatic carbocycles. The van der Waals surface area contributed by atoms with Gasteiger partial charge in [-0.05, 0) is 54.3 Å². The van der Waals surface area contributed by atoms with Crippen LogP contribution in [-0.2, 0) is 11.2 Å². The maximum absolute atomic E-state index is 12.3. The van der Waals surface area contributed by atoms with Gasteiger partial charge in [0.1, 0.15) is 0 Å². The minimum atomic E-state index is 0.00418. The lowest BCUT2D eigenvalue weighted by Crippen LogP contribution is -2.12. The fourth-order valence-corrected chi connectivity index (χ4v) is 2.92. The molecule has 1 aromatic heterocycles. The van der Waals surface area contributed by atoms with Crippen LogP contribution < -0.4 is 5.32 Å². The van der Waals surface area contributed by atoms with Crippen LogP contribution >= 0.6 is 0 Å². The van der Waals surface area contributed by atoms with Crippen molar-refractivity contribution in [3.8, 4) is 11.4 Å². The Morgan fingerprint density at radius 1 is 1.19 bits per heavy atom. The van der Waals surface area contributed by atoms with E-state index in [0.29, 0.717) is 12.5 Å². The second kappa shape index (κ2) is 7.07. The van der Waals surface area contributed by atoms with Gasteiger partial charge in [-0.3, -0.25) is 4.79 Å². The van der Waals surface area contributed by atoms with E-state index in [9.17, 15) is 4.79 Å². The molecule has 0 atom stereocenters. The number of amides is 1. The van der Waals surface area contributed by atoms with E-state index in [1.165, 1.54) is 11.1 Å². The molecule has 0 spiro atoms. The van der Waals surface area contributed by atoms with Crippen molar-refractivity contribution in [2.75, 3.05) is 5.32 Å². The zero-order chi connectivity index (χ0) is 17.9. The number of hydrogen-bond donors (Lipinski definition) is 1. The van der Waals surface area contributed by atoms with Gasteiger partial charge in [0, 0.05) is 17.7 Å². The van der Waals surface area contributed by atoms with Gasteiger partial charge in [0.2, 0.25) is 5.91 Å². The van der Waals surface area contributed by atoms with Crippen molar-refractivity contribution in [3.05, 3.63) is 59.7 Å². The summed E-state index contributed by atoms with van der Waals surface area (Å²) in [5, 5.41) is 15.0. The molecule has 26 heavy (non-hydrogen) atoms. The molecule has 4 rings (SSSR count). The zero-order valence-electron chi connectivity index (χ0n) is 14.7. The number of carbonyl (C=O) groups is 1. The molecule has 1 heterocycles. The first kappa shape index (κ1) is 16.4. The number of nitrogens with zero attached hydrogens (tertiary/aromatic N) is 4. The summed E-state index contributed by atoms with van der Waals surface area (Å²) in [6.07, 6.45) is 3.42. The molecule has 3 aromatic rings. The highest BCUT2D eigenvalue weighted by atomic mass is 16.1. The number of hydrogen-bond acceptors (Lipinski definition) is 4. The Morgan fingerprint density at radius 3 is 2.77 bits per heavy atom. The second-order valence-electron chi connectivity index (χ2n) is 6.79. The Balaban J connectivity index is 1.41. The van der Waals surface area contributed by atoms with Crippen LogP contribution in [-0.4, -0.2) is 26.1 Å². The van der Waals surface area contributed by atoms with E-state index < -0.39 is 0 Å². The Labute approximate surface area is 152 Å². The molecule has 6 heteroatoms. The van der Waals surface area contributed by atoms with Crippen LogP contribution in [0.3, 0.4) is 0 Å². The summed E-state index contributed by atoms with van der Waals surface area (Å²) in [6.45, 7) is 2.06. The van der Waals surface area contributed by atoms with Crippen LogP contribution in [0.25, 0.3) is 11.4 Å². The summed E-state index contributed by atoms with van der Waals surface area (Å²) in [6, 6.07) is 16.4. The van der Waals surface area contributed by atoms with Crippen molar-refractivity contribution in [1.82, 2.24) is 20.2 Å². The van der Waals surface area contributed by atoms with Crippen LogP contribution in [0.4, 0.5) is 5.69 Å². The van der Waals surface area contributed by atoms with E-state index in [2.05, 4.69) is 52.0 Å². The topological polar surface area (TPSA) is 72.7 Å². The normalized spacial score (nSPS) is 13.6. The molecule has 1 N–H and O–H groups in total. The van der Waals surface area contributed by atoms with Crippen LogP contribution in [0.2, 0.25) is 0 Å². The van der Waals surface area contributed by atoms with E-state index in [1.54, 1.807) is 0 Å². The van der Waals surface area contributed by atoms with Gasteiger partial charge in [-0.15, -0.1) is 5.10 Å². The molecule has 1 aliphatic carbocycles. The van der Waals surface area contributed by atoms with Crippen LogP contribution in [0.1, 0.15) is 36.4 Å². The minimum Gasteiger partial charge on any atom is -0.326 e. The van der Waals surface area contributed by atoms with E-state index in [1.807, 2.05) is 28.9 Å². The van der Waals surface area contributed by atoms with Gasteiger partial charge in [-0.1, -0.05) is 42.0 Å². The third-order valence-electron chi connectivity index (χ3n) is 4.55. The predicted octanol–water partition coefficient (Wildman–Crippen LogP) is 3.55. The van der Waals surface area contributed by atoms with Crippen LogP contribution in [0, 0.1) is 6.92 Å². The third kappa shape index (κ3) is 3.79. The van der Waals surface area contributed by atoms with Crippen molar-refractivity contribution >= 4 is 11.6 Å². The standard InChI is InChI=1S/C20H21N5O/c1-14-5-7-15(8-6-14)9-12-19(26)21-17-4-2-3-16(13-17)20-22-23-24-25(20)18-10-11-18/h2-8,13,18H,9-12H2,1H3,(H,21,26). The van der Waals surface area contributed by atoms with Crippen molar-refractivity contribution in [2.24, 2.45) is 0 Å². The minimum absolute atomic E-state index is 0.00418. The first-order valence-corrected chi connectivity index (χ1v) is 8.93. The van der Waals surface area contributed by atoms with Gasteiger partial charge in [0.15, 0.2) is 5.82 Å². The largest absolute Gasteiger partial charge is 0.326 e. The van der Waals surface area contributed by atoms with Crippen molar-refractivity contribution in [1.29, 1.82) is 0 Å². The van der Waals surface area contributed by atoms with E-state index >= 15 is 0 Å². The van der Waals surface area contributed by atoms with Crippen molar-refractivity contribution in [3.63, 3.8) is 0 Å². The number of benzene rings is 2. The van der Waals surface area contributed by atoms with E-state index in [-0.39, 0.29) is 5.91 Å². The second-order valence-corrected chi connectivity index (χ2v) is 6.79. The summed E-state index contributed by atoms with van der Waals surface area (Å²) < 4.78 is 1.87. The third-order valence-corrected chi connectivity index (χ3v) is 4.55. The van der Waals surface area contributed by atoms with Gasteiger partial charge in [-0.2, -0.15) is 0 Å². The Hall–Kier alpha value is -3.02. The first-order valence-electron chi connectivity index (χ1n) is 8.93. The fraction of sp³-hybridized carbons (Fsp3) is 0.300. The molecule has 1 saturated carbocycles. The molecule has 0 aliphatic heterocycles. The molecule has 1 fully saturated rings. The number of tetrazole rings is 1. The van der Waals surface area contributed by atoms with Crippen LogP contribution in [0.5, 0.6) is 0 Å². The SMILES string of the molecule is Cc1ccc(CCC(=O)Nc2cccc(-c3nnnn3C3CC3)c2)cc1. The summed E-state index contributed by atoms with van der Waals surface area (Å²) in [5.41, 5.74) is 4.08. The highest BCUT2D eigenvalue weighted by Gasteiger charge is 2.28. The van der Waals surface area contributed by atoms with Gasteiger partial charge in [-0.25, -0.2) is 4.68 Å². The van der Waals surface area contributed by atoms with Crippen molar-refractivity contribution < 1.29 is 4.79 Å². The Kier molecular flexibility index (Phi) is 4.48. The summed E-state index contributed by atoms with van der Waals surface area (Å²) >= 11 is 0. The van der Waals surface area contributed by atoms with E-state index in [0.717, 1.165) is 36.3 Å². The number of anilines is 1. The predicted molar refractivity (Wildman–Crippen MR) is 99.7 cm³/mol. The molecule has 132 valence electrons. The molecular weight excluding hydrogens is 326 g/mol. The maximum atomic E-state index is 12.3. The molecule has 0 unspecified atom stereocenters. The quantitative estimate of drug-likeness (QED) is 0.740. The van der Waals surface area contributed by atoms with Gasteiger partial charge in [0.05, 0.1) is 6.04 Å². The van der Waals surface area contributed by atoms with E-state index in [4.69, 9.17) is 0 Å². The fourth-order valence-electron chi connectivity index (χ4n) is 2.92. The summed E-state index contributed by atoms with van der Waals surface area (Å²) in [7, 11) is 0. The average Bonchev–Trinajstić information content (AvgIpc) is 3.38. The molecular formula is C20H21N5O. The van der Waals surface area contributed by atoms with Crippen molar-refractivity contribution in [2.45, 2.75) is 38.6 Å². The average molecular weight is 347 g/mol. The highest BCUT2D eigenvalue weighted by molar-refractivity contribution is 5.91. The Bertz CT molecular complexity index is 912. The maximum Gasteiger partial charge on any atom is 0.224 e. The first-order chi connectivity index (χ1) is 12.7. The Morgan fingerprint density at radius 2 is 2.00 bits per heavy atom. The molecule has 0 saturated heterocycles. The summed E-state index contributed by atoms with van der Waals surface area (Å²) in [4.78, 5) is 12.3. The molecule has 6 nitrogen and oxygen atoms in total. The van der Waals surface area contributed by atoms with Gasteiger partial charge >= 0.3 is 0 Å². The zero-order valence-corrected chi connectivity index (χ0v) is 14.7. The van der Waals surface area contributed by atoms with Crippen LogP contribution in [0.15, 0.2) is 48.5 Å². The number of nitrogens with one attached hydrogen (secondary N) is 1. The lowest BCUT2D eigenvalue weighted by atomic mass is 10.1. The highest BCUT2D eigenvalue weighted by Crippen LogP contribution is 2.36. The smallest absolute Gasteiger partial charge is 0.224 e. The monoisotopic (exact) mass is 347 g/mol. The van der Waals surface area contributed by atoms with Gasteiger partial charge < -0.3 is 5.32 Å². The number of rotatable bonds is 6. The molecule has 1 aliphatic rings. The number of aromatic nitrogens is 4. The lowest BCUT2D eigenvalue weighted by Gasteiger charge is -2.08. The number of aryl methyl sites for hydroxylation is 2. The van der Waals surface area contributed by atoms with Gasteiger partial charge in [0.25, 0.3) is 0 Å². The molecule has 0 radical (unpaired) electrons. The number of carbonyl (C=O) groups excluding carboxylic acids is 1. The molecule has 0 bridgehead atoms. The summed E-state index contributed by atoms with van der Waals surface area (Å²) in [5.74, 6) is 0.757. The molecule has 1 amide bonds.